The van der Waals surface area contributed by atoms with Crippen LogP contribution in [0.25, 0.3) is 0 Å². The van der Waals surface area contributed by atoms with Crippen molar-refractivity contribution in [2.75, 3.05) is 7.05 Å². The Bertz CT molecular complexity index is 549. The fraction of sp³-hybridized carbons (Fsp3) is 0.438. The second-order valence-electron chi connectivity index (χ2n) is 5.37. The summed E-state index contributed by atoms with van der Waals surface area (Å²) in [7, 11) is 4.03. The highest BCUT2D eigenvalue weighted by atomic mass is 15.3. The van der Waals surface area contributed by atoms with E-state index in [2.05, 4.69) is 48.5 Å². The fourth-order valence-electron chi connectivity index (χ4n) is 2.66. The van der Waals surface area contributed by atoms with Crippen LogP contribution < -0.4 is 5.32 Å². The van der Waals surface area contributed by atoms with Crippen LogP contribution in [-0.4, -0.2) is 16.8 Å². The molecule has 3 nitrogen and oxygen atoms in total. The van der Waals surface area contributed by atoms with Gasteiger partial charge in [0, 0.05) is 25.2 Å². The van der Waals surface area contributed by atoms with Crippen molar-refractivity contribution in [1.29, 1.82) is 0 Å². The van der Waals surface area contributed by atoms with Crippen LogP contribution in [0, 0.1) is 20.8 Å². The number of nitrogens with one attached hydrogen (secondary N) is 1. The summed E-state index contributed by atoms with van der Waals surface area (Å²) >= 11 is 0. The summed E-state index contributed by atoms with van der Waals surface area (Å²) in [6.45, 7) is 6.34. The highest BCUT2D eigenvalue weighted by Crippen LogP contribution is 2.21. The van der Waals surface area contributed by atoms with E-state index < -0.39 is 0 Å². The molecule has 1 N–H and O–H groups in total. The zero-order valence-electron chi connectivity index (χ0n) is 12.5. The molecule has 0 radical (unpaired) electrons. The Balaban J connectivity index is 2.27. The quantitative estimate of drug-likeness (QED) is 0.912. The van der Waals surface area contributed by atoms with Crippen molar-refractivity contribution < 1.29 is 0 Å². The summed E-state index contributed by atoms with van der Waals surface area (Å²) in [4.78, 5) is 0. The number of rotatable bonds is 4. The number of aromatic nitrogens is 2. The van der Waals surface area contributed by atoms with Gasteiger partial charge >= 0.3 is 0 Å². The number of aryl methyl sites for hydroxylation is 4. The van der Waals surface area contributed by atoms with Crippen molar-refractivity contribution in [3.8, 4) is 0 Å². The van der Waals surface area contributed by atoms with E-state index in [4.69, 9.17) is 0 Å². The topological polar surface area (TPSA) is 29.9 Å². The standard InChI is InChI=1S/C16H23N3/c1-11-6-12(2)8-14(7-11)16(17-4)10-15-9-13(3)18-19(15)5/h6-9,16-17H,10H2,1-5H3. The predicted octanol–water partition coefficient (Wildman–Crippen LogP) is 2.85. The first-order valence-corrected chi connectivity index (χ1v) is 6.74. The second-order valence-corrected chi connectivity index (χ2v) is 5.37. The maximum atomic E-state index is 4.42. The average molecular weight is 257 g/mol. The van der Waals surface area contributed by atoms with Crippen LogP contribution in [0.5, 0.6) is 0 Å². The molecule has 0 saturated carbocycles. The number of hydrogen-bond donors (Lipinski definition) is 1. The molecule has 1 aromatic heterocycles. The smallest absolute Gasteiger partial charge is 0.0596 e. The molecule has 1 unspecified atom stereocenters. The van der Waals surface area contributed by atoms with Crippen molar-refractivity contribution in [3.05, 3.63) is 52.3 Å². The summed E-state index contributed by atoms with van der Waals surface area (Å²) in [5.41, 5.74) is 6.32. The van der Waals surface area contributed by atoms with Gasteiger partial charge in [0.15, 0.2) is 0 Å². The van der Waals surface area contributed by atoms with E-state index >= 15 is 0 Å². The largest absolute Gasteiger partial charge is 0.313 e. The molecule has 0 amide bonds. The van der Waals surface area contributed by atoms with Gasteiger partial charge in [-0.15, -0.1) is 0 Å². The van der Waals surface area contributed by atoms with Crippen LogP contribution in [0.3, 0.4) is 0 Å². The monoisotopic (exact) mass is 257 g/mol. The minimum absolute atomic E-state index is 0.327. The molecule has 1 heterocycles. The zero-order valence-corrected chi connectivity index (χ0v) is 12.5. The summed E-state index contributed by atoms with van der Waals surface area (Å²) in [5, 5.41) is 7.83. The highest BCUT2D eigenvalue weighted by Gasteiger charge is 2.13. The molecular weight excluding hydrogens is 234 g/mol. The average Bonchev–Trinajstić information content (AvgIpc) is 2.63. The van der Waals surface area contributed by atoms with Crippen LogP contribution in [0.2, 0.25) is 0 Å². The molecule has 0 aliphatic rings. The van der Waals surface area contributed by atoms with Gasteiger partial charge in [0.2, 0.25) is 0 Å². The van der Waals surface area contributed by atoms with Crippen LogP contribution in [0.15, 0.2) is 24.3 Å². The summed E-state index contributed by atoms with van der Waals surface area (Å²) in [6, 6.07) is 9.22. The zero-order chi connectivity index (χ0) is 14.0. The van der Waals surface area contributed by atoms with Crippen molar-refractivity contribution in [2.24, 2.45) is 7.05 Å². The van der Waals surface area contributed by atoms with Crippen molar-refractivity contribution in [1.82, 2.24) is 15.1 Å². The minimum atomic E-state index is 0.327. The lowest BCUT2D eigenvalue weighted by Gasteiger charge is -2.18. The summed E-state index contributed by atoms with van der Waals surface area (Å²) in [5.74, 6) is 0. The third-order valence-electron chi connectivity index (χ3n) is 3.51. The molecule has 1 atom stereocenters. The van der Waals surface area contributed by atoms with Gasteiger partial charge in [-0.2, -0.15) is 5.10 Å². The third kappa shape index (κ3) is 3.24. The van der Waals surface area contributed by atoms with E-state index in [1.54, 1.807) is 0 Å². The van der Waals surface area contributed by atoms with Crippen molar-refractivity contribution >= 4 is 0 Å². The summed E-state index contributed by atoms with van der Waals surface area (Å²) in [6.07, 6.45) is 0.955. The molecule has 102 valence electrons. The maximum absolute atomic E-state index is 4.42. The van der Waals surface area contributed by atoms with Crippen LogP contribution in [0.4, 0.5) is 0 Å². The Kier molecular flexibility index (Phi) is 4.05. The van der Waals surface area contributed by atoms with Gasteiger partial charge < -0.3 is 5.32 Å². The molecule has 0 spiro atoms. The molecule has 0 bridgehead atoms. The van der Waals surface area contributed by atoms with Gasteiger partial charge in [-0.3, -0.25) is 4.68 Å². The minimum Gasteiger partial charge on any atom is -0.313 e. The Hall–Kier alpha value is -1.61. The number of hydrogen-bond acceptors (Lipinski definition) is 2. The Labute approximate surface area is 115 Å². The van der Waals surface area contributed by atoms with Crippen LogP contribution in [-0.2, 0) is 13.5 Å². The Morgan fingerprint density at radius 1 is 1.11 bits per heavy atom. The van der Waals surface area contributed by atoms with Crippen molar-refractivity contribution in [2.45, 2.75) is 33.2 Å². The van der Waals surface area contributed by atoms with E-state index in [-0.39, 0.29) is 0 Å². The summed E-state index contributed by atoms with van der Waals surface area (Å²) < 4.78 is 1.97. The molecule has 2 aromatic rings. The van der Waals surface area contributed by atoms with Gasteiger partial charge in [0.05, 0.1) is 5.69 Å². The van der Waals surface area contributed by atoms with Crippen molar-refractivity contribution in [3.63, 3.8) is 0 Å². The lowest BCUT2D eigenvalue weighted by Crippen LogP contribution is -2.20. The van der Waals surface area contributed by atoms with Gasteiger partial charge in [-0.25, -0.2) is 0 Å². The second kappa shape index (κ2) is 5.57. The van der Waals surface area contributed by atoms with Crippen LogP contribution >= 0.6 is 0 Å². The van der Waals surface area contributed by atoms with E-state index in [1.165, 1.54) is 22.4 Å². The van der Waals surface area contributed by atoms with E-state index in [0.717, 1.165) is 12.1 Å². The fourth-order valence-corrected chi connectivity index (χ4v) is 2.66. The normalized spacial score (nSPS) is 12.7. The Morgan fingerprint density at radius 3 is 2.21 bits per heavy atom. The first kappa shape index (κ1) is 13.8. The van der Waals surface area contributed by atoms with Gasteiger partial charge in [0.1, 0.15) is 0 Å². The molecule has 2 rings (SSSR count). The first-order valence-electron chi connectivity index (χ1n) is 6.74. The number of nitrogens with zero attached hydrogens (tertiary/aromatic N) is 2. The lowest BCUT2D eigenvalue weighted by atomic mass is 9.98. The lowest BCUT2D eigenvalue weighted by molar-refractivity contribution is 0.561. The van der Waals surface area contributed by atoms with Gasteiger partial charge in [0.25, 0.3) is 0 Å². The number of likely N-dealkylation sites (N-methyl/N-ethyl adjacent to an activating group) is 1. The highest BCUT2D eigenvalue weighted by molar-refractivity contribution is 5.31. The van der Waals surface area contributed by atoms with E-state index in [0.29, 0.717) is 6.04 Å². The first-order chi connectivity index (χ1) is 8.99. The van der Waals surface area contributed by atoms with Gasteiger partial charge in [-0.1, -0.05) is 29.3 Å². The predicted molar refractivity (Wildman–Crippen MR) is 79.4 cm³/mol. The number of benzene rings is 1. The molecule has 0 aliphatic heterocycles. The molecule has 1 aromatic carbocycles. The van der Waals surface area contributed by atoms with E-state index in [1.807, 2.05) is 25.7 Å². The Morgan fingerprint density at radius 2 is 1.74 bits per heavy atom. The third-order valence-corrected chi connectivity index (χ3v) is 3.51. The molecule has 0 saturated heterocycles. The van der Waals surface area contributed by atoms with Crippen LogP contribution in [0.1, 0.15) is 34.1 Å². The SMILES string of the molecule is CNC(Cc1cc(C)nn1C)c1cc(C)cc(C)c1. The molecule has 0 fully saturated rings. The molecular formula is C16H23N3. The van der Waals surface area contributed by atoms with Gasteiger partial charge in [-0.05, 0) is 39.4 Å². The molecule has 0 aliphatic carbocycles. The molecule has 3 heteroatoms. The van der Waals surface area contributed by atoms with E-state index in [9.17, 15) is 0 Å². The maximum Gasteiger partial charge on any atom is 0.0596 e. The molecule has 19 heavy (non-hydrogen) atoms.